The van der Waals surface area contributed by atoms with E-state index >= 15 is 0 Å². The number of fused-ring (bicyclic) bond motifs is 1. The fourth-order valence-corrected chi connectivity index (χ4v) is 6.29. The second kappa shape index (κ2) is 11.4. The van der Waals surface area contributed by atoms with Crippen molar-refractivity contribution in [2.45, 2.75) is 46.5 Å². The van der Waals surface area contributed by atoms with E-state index in [9.17, 15) is 18.7 Å². The number of nitrogens with zero attached hydrogens (tertiary/aromatic N) is 1. The molecule has 1 atom stereocenters. The molecule has 5 rings (SSSR count). The number of carboxylic acids is 1. The van der Waals surface area contributed by atoms with Gasteiger partial charge >= 0.3 is 5.97 Å². The van der Waals surface area contributed by atoms with Gasteiger partial charge in [0.25, 0.3) is 0 Å². The standard InChI is InChI=1S/C34H37F2NO2/c1-21-5-8-27-18-28(34(38)39)11-12-30(27)33(32(21)29-13-14-31(36)23(3)22(29)2)26-9-6-24(7-10-26)17-25-19-37(20-25)16-4-15-35/h6-7,9-14,18,21,25H,4-5,8,15-17,19-20H2,1-3H3,(H,38,39). The summed E-state index contributed by atoms with van der Waals surface area (Å²) in [5, 5.41) is 9.63. The smallest absolute Gasteiger partial charge is 0.335 e. The van der Waals surface area contributed by atoms with E-state index in [1.54, 1.807) is 12.1 Å². The highest BCUT2D eigenvalue weighted by molar-refractivity contribution is 6.01. The van der Waals surface area contributed by atoms with Crippen LogP contribution in [-0.4, -0.2) is 42.3 Å². The van der Waals surface area contributed by atoms with Crippen LogP contribution in [-0.2, 0) is 12.8 Å². The molecule has 0 radical (unpaired) electrons. The molecule has 0 amide bonds. The first-order valence-corrected chi connectivity index (χ1v) is 14.0. The molecular weight excluding hydrogens is 492 g/mol. The largest absolute Gasteiger partial charge is 0.478 e. The van der Waals surface area contributed by atoms with E-state index in [2.05, 4.69) is 36.1 Å². The van der Waals surface area contributed by atoms with Gasteiger partial charge in [-0.25, -0.2) is 9.18 Å². The van der Waals surface area contributed by atoms with Gasteiger partial charge in [0.15, 0.2) is 0 Å². The number of carbonyl (C=O) groups is 1. The number of likely N-dealkylation sites (tertiary alicyclic amines) is 1. The monoisotopic (exact) mass is 529 g/mol. The minimum atomic E-state index is -0.922. The Balaban J connectivity index is 1.57. The summed E-state index contributed by atoms with van der Waals surface area (Å²) in [6, 6.07) is 17.7. The Morgan fingerprint density at radius 1 is 1.00 bits per heavy atom. The molecular formula is C34H37F2NO2. The van der Waals surface area contributed by atoms with E-state index in [1.165, 1.54) is 11.1 Å². The van der Waals surface area contributed by atoms with Crippen molar-refractivity contribution in [2.75, 3.05) is 26.3 Å². The lowest BCUT2D eigenvalue weighted by atomic mass is 9.81. The van der Waals surface area contributed by atoms with Crippen LogP contribution in [0.15, 0.2) is 54.6 Å². The Labute approximate surface area is 230 Å². The number of aryl methyl sites for hydroxylation is 1. The third kappa shape index (κ3) is 5.56. The van der Waals surface area contributed by atoms with Gasteiger partial charge in [-0.2, -0.15) is 0 Å². The number of rotatable bonds is 8. The van der Waals surface area contributed by atoms with Gasteiger partial charge in [-0.15, -0.1) is 0 Å². The molecule has 5 heteroatoms. The highest BCUT2D eigenvalue weighted by atomic mass is 19.1. The lowest BCUT2D eigenvalue weighted by Gasteiger charge is -2.39. The van der Waals surface area contributed by atoms with Gasteiger partial charge in [0.2, 0.25) is 0 Å². The van der Waals surface area contributed by atoms with Gasteiger partial charge in [-0.1, -0.05) is 43.3 Å². The topological polar surface area (TPSA) is 40.5 Å². The van der Waals surface area contributed by atoms with Crippen molar-refractivity contribution in [2.24, 2.45) is 11.8 Å². The average Bonchev–Trinajstić information content (AvgIpc) is 3.05. The van der Waals surface area contributed by atoms with Crippen LogP contribution in [0.2, 0.25) is 0 Å². The van der Waals surface area contributed by atoms with Crippen LogP contribution >= 0.6 is 0 Å². The van der Waals surface area contributed by atoms with Crippen LogP contribution in [0.1, 0.15) is 69.1 Å². The van der Waals surface area contributed by atoms with Gasteiger partial charge in [-0.3, -0.25) is 4.39 Å². The number of allylic oxidation sites excluding steroid dienone is 1. The summed E-state index contributed by atoms with van der Waals surface area (Å²) in [5.41, 5.74) is 9.72. The van der Waals surface area contributed by atoms with E-state index < -0.39 is 5.97 Å². The maximum Gasteiger partial charge on any atom is 0.335 e. The fraction of sp³-hybridized carbons (Fsp3) is 0.382. The first-order chi connectivity index (χ1) is 18.8. The predicted octanol–water partition coefficient (Wildman–Crippen LogP) is 7.52. The molecule has 3 aromatic rings. The molecule has 0 aromatic heterocycles. The van der Waals surface area contributed by atoms with Crippen molar-refractivity contribution in [1.29, 1.82) is 0 Å². The molecule has 3 nitrogen and oxygen atoms in total. The Kier molecular flexibility index (Phi) is 7.99. The Hall–Kier alpha value is -3.31. The second-order valence-electron chi connectivity index (χ2n) is 11.3. The molecule has 1 saturated heterocycles. The molecule has 0 bridgehead atoms. The summed E-state index contributed by atoms with van der Waals surface area (Å²) in [5.74, 6) is -0.318. The molecule has 1 unspecified atom stereocenters. The summed E-state index contributed by atoms with van der Waals surface area (Å²) in [6.45, 7) is 8.67. The van der Waals surface area contributed by atoms with Gasteiger partial charge in [0.1, 0.15) is 5.82 Å². The third-order valence-corrected chi connectivity index (χ3v) is 8.65. The van der Waals surface area contributed by atoms with Crippen LogP contribution in [0.3, 0.4) is 0 Å². The van der Waals surface area contributed by atoms with Crippen LogP contribution in [0.25, 0.3) is 11.1 Å². The molecule has 204 valence electrons. The number of halogens is 2. The van der Waals surface area contributed by atoms with Crippen molar-refractivity contribution in [3.05, 3.63) is 105 Å². The van der Waals surface area contributed by atoms with E-state index in [1.807, 2.05) is 32.0 Å². The van der Waals surface area contributed by atoms with Gasteiger partial charge in [0.05, 0.1) is 12.2 Å². The Bertz CT molecular complexity index is 1400. The maximum atomic E-state index is 14.5. The zero-order chi connectivity index (χ0) is 27.7. The Morgan fingerprint density at radius 3 is 2.41 bits per heavy atom. The fourth-order valence-electron chi connectivity index (χ4n) is 6.29. The first-order valence-electron chi connectivity index (χ1n) is 14.0. The zero-order valence-electron chi connectivity index (χ0n) is 23.1. The zero-order valence-corrected chi connectivity index (χ0v) is 23.1. The summed E-state index contributed by atoms with van der Waals surface area (Å²) in [7, 11) is 0. The number of aromatic carboxylic acids is 1. The van der Waals surface area contributed by atoms with Gasteiger partial charge in [0, 0.05) is 19.6 Å². The summed E-state index contributed by atoms with van der Waals surface area (Å²) in [6.07, 6.45) is 3.27. The lowest BCUT2D eigenvalue weighted by Crippen LogP contribution is -2.47. The van der Waals surface area contributed by atoms with Crippen molar-refractivity contribution >= 4 is 17.1 Å². The SMILES string of the molecule is Cc1c(F)ccc(C2=C(c3ccc(CC4CN(CCCF)C4)cc3)c3ccc(C(=O)O)cc3CCC2C)c1C. The summed E-state index contributed by atoms with van der Waals surface area (Å²) < 4.78 is 26.9. The molecule has 0 saturated carbocycles. The van der Waals surface area contributed by atoms with Crippen molar-refractivity contribution in [1.82, 2.24) is 4.90 Å². The van der Waals surface area contributed by atoms with Crippen LogP contribution in [0, 0.1) is 31.5 Å². The van der Waals surface area contributed by atoms with Crippen molar-refractivity contribution in [3.8, 4) is 0 Å². The Morgan fingerprint density at radius 2 is 1.72 bits per heavy atom. The van der Waals surface area contributed by atoms with Crippen molar-refractivity contribution < 1.29 is 18.7 Å². The minimum Gasteiger partial charge on any atom is -0.478 e. The summed E-state index contributed by atoms with van der Waals surface area (Å²) >= 11 is 0. The quantitative estimate of drug-likeness (QED) is 0.328. The highest BCUT2D eigenvalue weighted by Gasteiger charge is 2.28. The molecule has 1 heterocycles. The molecule has 0 spiro atoms. The van der Waals surface area contributed by atoms with E-state index in [-0.39, 0.29) is 18.4 Å². The lowest BCUT2D eigenvalue weighted by molar-refractivity contribution is 0.0696. The first kappa shape index (κ1) is 27.3. The van der Waals surface area contributed by atoms with E-state index in [4.69, 9.17) is 0 Å². The molecule has 1 aliphatic heterocycles. The van der Waals surface area contributed by atoms with Crippen LogP contribution in [0.5, 0.6) is 0 Å². The van der Waals surface area contributed by atoms with E-state index in [0.29, 0.717) is 23.5 Å². The van der Waals surface area contributed by atoms with E-state index in [0.717, 1.165) is 72.3 Å². The minimum absolute atomic E-state index is 0.199. The molecule has 1 aliphatic carbocycles. The molecule has 1 N–H and O–H groups in total. The van der Waals surface area contributed by atoms with Gasteiger partial charge in [-0.05, 0) is 120 Å². The predicted molar refractivity (Wildman–Crippen MR) is 153 cm³/mol. The maximum absolute atomic E-state index is 14.5. The molecule has 2 aliphatic rings. The number of carboxylic acid groups (broad SMARTS) is 1. The number of hydrogen-bond acceptors (Lipinski definition) is 2. The number of alkyl halides is 1. The third-order valence-electron chi connectivity index (χ3n) is 8.65. The van der Waals surface area contributed by atoms with Crippen LogP contribution < -0.4 is 0 Å². The normalized spacial score (nSPS) is 18.0. The molecule has 3 aromatic carbocycles. The summed E-state index contributed by atoms with van der Waals surface area (Å²) in [4.78, 5) is 14.1. The van der Waals surface area contributed by atoms with Crippen LogP contribution in [0.4, 0.5) is 8.78 Å². The number of benzene rings is 3. The van der Waals surface area contributed by atoms with Gasteiger partial charge < -0.3 is 10.0 Å². The van der Waals surface area contributed by atoms with Crippen molar-refractivity contribution in [3.63, 3.8) is 0 Å². The second-order valence-corrected chi connectivity index (χ2v) is 11.3. The highest BCUT2D eigenvalue weighted by Crippen LogP contribution is 2.44. The molecule has 39 heavy (non-hydrogen) atoms. The number of hydrogen-bond donors (Lipinski definition) is 1. The molecule has 1 fully saturated rings. The average molecular weight is 530 g/mol.